The second kappa shape index (κ2) is 11.6. The molecule has 214 valence electrons. The van der Waals surface area contributed by atoms with E-state index in [1.165, 1.54) is 10.8 Å². The van der Waals surface area contributed by atoms with Gasteiger partial charge in [0.2, 0.25) is 0 Å². The largest absolute Gasteiger partial charge is 0.394 e. The molecule has 1 saturated heterocycles. The van der Waals surface area contributed by atoms with E-state index in [4.69, 9.17) is 4.74 Å². The Hall–Kier alpha value is -5.12. The molecule has 43 heavy (non-hydrogen) atoms. The van der Waals surface area contributed by atoms with Crippen molar-refractivity contribution in [3.63, 3.8) is 0 Å². The molecule has 4 aromatic carbocycles. The summed E-state index contributed by atoms with van der Waals surface area (Å²) in [6.45, 7) is -0.383. The van der Waals surface area contributed by atoms with E-state index < -0.39 is 29.7 Å². The summed E-state index contributed by atoms with van der Waals surface area (Å²) in [6.07, 6.45) is -1.13. The van der Waals surface area contributed by atoms with Crippen LogP contribution in [0.15, 0.2) is 88.6 Å². The number of hydrogen-bond donors (Lipinski definition) is 3. The molecule has 0 aliphatic carbocycles. The smallest absolute Gasteiger partial charge is 0.330 e. The van der Waals surface area contributed by atoms with E-state index >= 15 is 0 Å². The molecule has 0 amide bonds. The number of aliphatic hydroxyl groups excluding tert-OH is 2. The first-order chi connectivity index (χ1) is 20.8. The van der Waals surface area contributed by atoms with E-state index in [9.17, 15) is 19.8 Å². The van der Waals surface area contributed by atoms with Crippen LogP contribution in [0, 0.1) is 23.7 Å². The average Bonchev–Trinajstić information content (AvgIpc) is 3.39. The van der Waals surface area contributed by atoms with Gasteiger partial charge in [0.15, 0.2) is 0 Å². The number of H-pyrrole nitrogens is 1. The van der Waals surface area contributed by atoms with E-state index in [1.807, 2.05) is 91.8 Å². The topological polar surface area (TPSA) is 108 Å². The maximum atomic E-state index is 12.8. The van der Waals surface area contributed by atoms with Crippen molar-refractivity contribution < 1.29 is 14.9 Å². The SMILES string of the molecule is CN(C)c1ccc(C#Cc2c3ccccc3c(C#Cc3cn([C@H]4C[C@H](O)[C@@H](CO)O4)c(=O)[nH]c3=O)c3ccccc23)cc1. The van der Waals surface area contributed by atoms with Crippen LogP contribution < -0.4 is 16.1 Å². The summed E-state index contributed by atoms with van der Waals surface area (Å²) >= 11 is 0. The molecule has 6 rings (SSSR count). The van der Waals surface area contributed by atoms with Gasteiger partial charge in [-0.05, 0) is 45.8 Å². The molecule has 3 atom stereocenters. The highest BCUT2D eigenvalue weighted by atomic mass is 16.5. The number of fused-ring (bicyclic) bond motifs is 2. The maximum absolute atomic E-state index is 12.8. The van der Waals surface area contributed by atoms with Crippen molar-refractivity contribution >= 4 is 27.2 Å². The minimum Gasteiger partial charge on any atom is -0.394 e. The first kappa shape index (κ1) is 28.0. The second-order valence-corrected chi connectivity index (χ2v) is 10.6. The molecule has 0 unspecified atom stereocenters. The van der Waals surface area contributed by atoms with Crippen LogP contribution in [-0.4, -0.2) is 52.7 Å². The molecule has 1 aromatic heterocycles. The molecule has 3 N–H and O–H groups in total. The number of anilines is 1. The maximum Gasteiger partial charge on any atom is 0.330 e. The van der Waals surface area contributed by atoms with Gasteiger partial charge >= 0.3 is 5.69 Å². The number of ether oxygens (including phenoxy) is 1. The monoisotopic (exact) mass is 571 g/mol. The fraction of sp³-hybridized carbons (Fsp3) is 0.200. The third-order valence-electron chi connectivity index (χ3n) is 7.63. The molecule has 1 aliphatic rings. The zero-order valence-electron chi connectivity index (χ0n) is 23.7. The molecule has 8 nitrogen and oxygen atoms in total. The van der Waals surface area contributed by atoms with Crippen LogP contribution in [0.3, 0.4) is 0 Å². The third kappa shape index (κ3) is 5.43. The molecule has 8 heteroatoms. The quantitative estimate of drug-likeness (QED) is 0.227. The molecule has 1 aliphatic heterocycles. The first-order valence-electron chi connectivity index (χ1n) is 13.9. The molecule has 0 bridgehead atoms. The average molecular weight is 572 g/mol. The van der Waals surface area contributed by atoms with Gasteiger partial charge in [0.1, 0.15) is 17.9 Å². The Labute approximate surface area is 247 Å². The van der Waals surface area contributed by atoms with Gasteiger partial charge in [-0.2, -0.15) is 0 Å². The summed E-state index contributed by atoms with van der Waals surface area (Å²) in [7, 11) is 4.00. The normalized spacial score (nSPS) is 17.7. The fourth-order valence-electron chi connectivity index (χ4n) is 5.34. The van der Waals surface area contributed by atoms with Crippen LogP contribution in [-0.2, 0) is 4.74 Å². The van der Waals surface area contributed by atoms with Gasteiger partial charge in [0, 0.05) is 49.1 Å². The summed E-state index contributed by atoms with van der Waals surface area (Å²) in [5, 5.41) is 23.2. The van der Waals surface area contributed by atoms with E-state index in [0.717, 1.165) is 43.9 Å². The van der Waals surface area contributed by atoms with Crippen molar-refractivity contribution in [2.75, 3.05) is 25.6 Å². The minimum absolute atomic E-state index is 0.0725. The van der Waals surface area contributed by atoms with Crippen LogP contribution in [0.25, 0.3) is 21.5 Å². The predicted octanol–water partition coefficient (Wildman–Crippen LogP) is 3.35. The van der Waals surface area contributed by atoms with Crippen molar-refractivity contribution in [3.05, 3.63) is 122 Å². The minimum atomic E-state index is -0.930. The van der Waals surface area contributed by atoms with Crippen molar-refractivity contribution in [3.8, 4) is 23.7 Å². The predicted molar refractivity (Wildman–Crippen MR) is 167 cm³/mol. The van der Waals surface area contributed by atoms with Gasteiger partial charge < -0.3 is 19.8 Å². The van der Waals surface area contributed by atoms with E-state index in [-0.39, 0.29) is 18.6 Å². The zero-order chi connectivity index (χ0) is 30.1. The van der Waals surface area contributed by atoms with E-state index in [1.54, 1.807) is 0 Å². The summed E-state index contributed by atoms with van der Waals surface area (Å²) in [5.74, 6) is 12.9. The highest BCUT2D eigenvalue weighted by Gasteiger charge is 2.35. The van der Waals surface area contributed by atoms with Crippen molar-refractivity contribution in [1.29, 1.82) is 0 Å². The third-order valence-corrected chi connectivity index (χ3v) is 7.63. The lowest BCUT2D eigenvalue weighted by Crippen LogP contribution is -2.33. The van der Waals surface area contributed by atoms with Crippen LogP contribution >= 0.6 is 0 Å². The Kier molecular flexibility index (Phi) is 7.58. The van der Waals surface area contributed by atoms with Gasteiger partial charge in [-0.25, -0.2) is 4.79 Å². The summed E-state index contributed by atoms with van der Waals surface area (Å²) in [6, 6.07) is 23.9. The molecular formula is C35H29N3O5. The number of rotatable bonds is 3. The molecule has 0 radical (unpaired) electrons. The fourth-order valence-corrected chi connectivity index (χ4v) is 5.34. The van der Waals surface area contributed by atoms with Gasteiger partial charge in [0.25, 0.3) is 5.56 Å². The Bertz CT molecular complexity index is 2030. The number of hydrogen-bond acceptors (Lipinski definition) is 6. The van der Waals surface area contributed by atoms with Gasteiger partial charge in [-0.15, -0.1) is 0 Å². The lowest BCUT2D eigenvalue weighted by atomic mass is 9.92. The Morgan fingerprint density at radius 1 is 0.860 bits per heavy atom. The standard InChI is InChI=1S/C35H29N3O5/c1-37(2)24-15-11-22(12-16-24)13-17-29-25-7-3-5-9-27(25)30(28-10-6-4-8-26(28)29)18-14-23-20-38(35(42)36-34(23)41)33-19-31(40)32(21-39)43-33/h3-12,15-16,20,31-33,39-40H,19,21H2,1-2H3,(H,36,41,42)/t31-,32+,33+/m0/s1. The van der Waals surface area contributed by atoms with Crippen molar-refractivity contribution in [2.45, 2.75) is 24.9 Å². The molecule has 0 saturated carbocycles. The molecule has 2 heterocycles. The molecular weight excluding hydrogens is 542 g/mol. The van der Waals surface area contributed by atoms with Crippen LogP contribution in [0.4, 0.5) is 5.69 Å². The molecule has 1 fully saturated rings. The lowest BCUT2D eigenvalue weighted by Gasteiger charge is -2.14. The van der Waals surface area contributed by atoms with Gasteiger partial charge in [0.05, 0.1) is 12.7 Å². The van der Waals surface area contributed by atoms with Gasteiger partial charge in [-0.1, -0.05) is 72.2 Å². The summed E-state index contributed by atoms with van der Waals surface area (Å²) in [4.78, 5) is 29.7. The Morgan fingerprint density at radius 2 is 1.42 bits per heavy atom. The number of aliphatic hydroxyl groups is 2. The molecule has 5 aromatic rings. The van der Waals surface area contributed by atoms with E-state index in [0.29, 0.717) is 0 Å². The van der Waals surface area contributed by atoms with Gasteiger partial charge in [-0.3, -0.25) is 14.3 Å². The number of aromatic amines is 1. The summed E-state index contributed by atoms with van der Waals surface area (Å²) < 4.78 is 6.82. The number of nitrogens with one attached hydrogen (secondary N) is 1. The van der Waals surface area contributed by atoms with Crippen molar-refractivity contribution in [2.24, 2.45) is 0 Å². The zero-order valence-corrected chi connectivity index (χ0v) is 23.7. The number of benzene rings is 4. The summed E-state index contributed by atoms with van der Waals surface area (Å²) in [5.41, 5.74) is 2.39. The van der Waals surface area contributed by atoms with E-state index in [2.05, 4.69) is 28.7 Å². The molecule has 0 spiro atoms. The van der Waals surface area contributed by atoms with Crippen molar-refractivity contribution in [1.82, 2.24) is 9.55 Å². The van der Waals surface area contributed by atoms with Crippen LogP contribution in [0.2, 0.25) is 0 Å². The Morgan fingerprint density at radius 3 is 1.93 bits per heavy atom. The first-order valence-corrected chi connectivity index (χ1v) is 13.9. The van der Waals surface area contributed by atoms with Crippen LogP contribution in [0.1, 0.15) is 34.9 Å². The number of nitrogens with zero attached hydrogens (tertiary/aromatic N) is 2. The number of aromatic nitrogens is 2. The highest BCUT2D eigenvalue weighted by Crippen LogP contribution is 2.32. The van der Waals surface area contributed by atoms with Crippen LogP contribution in [0.5, 0.6) is 0 Å². The second-order valence-electron chi connectivity index (χ2n) is 10.6. The highest BCUT2D eigenvalue weighted by molar-refractivity contribution is 6.09. The Balaban J connectivity index is 1.47. The lowest BCUT2D eigenvalue weighted by molar-refractivity contribution is -0.0459.